The van der Waals surface area contributed by atoms with Crippen molar-refractivity contribution in [3.05, 3.63) is 0 Å². The molecule has 0 aliphatic carbocycles. The van der Waals surface area contributed by atoms with Gasteiger partial charge in [0.25, 0.3) is 5.00 Å². The number of hydrogen-bond donors (Lipinski definition) is 0. The molecule has 0 aromatic rings. The maximum atomic E-state index is 12.4. The number of alkyl halides is 4. The quantitative estimate of drug-likeness (QED) is 0.600. The Hall–Kier alpha value is -0.190. The van der Waals surface area contributed by atoms with Crippen molar-refractivity contribution in [3.63, 3.8) is 0 Å². The van der Waals surface area contributed by atoms with Crippen LogP contribution >= 0.6 is 9.91 Å². The highest BCUT2D eigenvalue weighted by atomic mass is 32.4. The second kappa shape index (κ2) is 1.66. The van der Waals surface area contributed by atoms with Crippen LogP contribution in [-0.2, 0) is 4.18 Å². The maximum absolute atomic E-state index is 12.4. The van der Waals surface area contributed by atoms with E-state index >= 15 is 0 Å². The lowest BCUT2D eigenvalue weighted by molar-refractivity contribution is -0.249. The highest BCUT2D eigenvalue weighted by Gasteiger charge is 2.81. The zero-order chi connectivity index (χ0) is 10.8. The van der Waals surface area contributed by atoms with Crippen LogP contribution in [0.5, 0.6) is 0 Å². The fraction of sp³-hybridized carbons (Fsp3) is 1.00. The van der Waals surface area contributed by atoms with Crippen LogP contribution in [0.25, 0.3) is 0 Å². The molecule has 1 heterocycles. The molecule has 1 fully saturated rings. The third-order valence-electron chi connectivity index (χ3n) is 1.55. The molecule has 0 aromatic carbocycles. The van der Waals surface area contributed by atoms with E-state index in [1.807, 2.05) is 0 Å². The van der Waals surface area contributed by atoms with E-state index in [-0.39, 0.29) is 0 Å². The molecule has 1 rings (SSSR count). The van der Waals surface area contributed by atoms with Gasteiger partial charge in [0.05, 0.1) is 0 Å². The zero-order valence-electron chi connectivity index (χ0n) is 5.61. The lowest BCUT2D eigenvalue weighted by Crippen LogP contribution is -2.68. The van der Waals surface area contributed by atoms with Crippen LogP contribution in [0.2, 0.25) is 0 Å². The largest absolute Gasteiger partial charge is 0.770 e. The van der Waals surface area contributed by atoms with Crippen molar-refractivity contribution >= 4 is 9.91 Å². The van der Waals surface area contributed by atoms with Gasteiger partial charge in [-0.15, -0.1) is 0 Å². The first-order chi connectivity index (χ1) is 5.23. The maximum Gasteiger partial charge on any atom is 0.436 e. The fourth-order valence-electron chi connectivity index (χ4n) is 0.659. The molecular weight excluding hydrogens is 230 g/mol. The molecule has 13 heavy (non-hydrogen) atoms. The van der Waals surface area contributed by atoms with Crippen molar-refractivity contribution in [2.45, 2.75) is 11.2 Å². The van der Waals surface area contributed by atoms with E-state index in [0.717, 1.165) is 0 Å². The minimum absolute atomic E-state index is 2.25. The molecule has 82 valence electrons. The summed E-state index contributed by atoms with van der Waals surface area (Å²) in [5.74, 6) is 0. The predicted molar refractivity (Wildman–Crippen MR) is 27.2 cm³/mol. The van der Waals surface area contributed by atoms with Gasteiger partial charge in [0.1, 0.15) is 6.61 Å². The second-order valence-electron chi connectivity index (χ2n) is 2.53. The van der Waals surface area contributed by atoms with Gasteiger partial charge in [-0.25, -0.2) is 4.39 Å². The summed E-state index contributed by atoms with van der Waals surface area (Å²) in [5, 5.41) is -5.62. The van der Waals surface area contributed by atoms with E-state index in [1.165, 1.54) is 0 Å². The van der Waals surface area contributed by atoms with Gasteiger partial charge in [-0.2, -0.15) is 20.9 Å². The minimum atomic E-state index is -9.54. The molecule has 0 aromatic heterocycles. The van der Waals surface area contributed by atoms with Crippen molar-refractivity contribution < 1.29 is 38.6 Å². The molecule has 1 aliphatic rings. The Kier molecular flexibility index (Phi) is 1.39. The van der Waals surface area contributed by atoms with E-state index in [9.17, 15) is 34.4 Å². The van der Waals surface area contributed by atoms with Gasteiger partial charge in [0.2, 0.25) is 0 Å². The van der Waals surface area contributed by atoms with Gasteiger partial charge in [-0.05, 0) is 9.91 Å². The van der Waals surface area contributed by atoms with Crippen molar-refractivity contribution in [2.24, 2.45) is 0 Å². The minimum Gasteiger partial charge on any atom is -0.770 e. The summed E-state index contributed by atoms with van der Waals surface area (Å²) >= 11 is 0. The van der Waals surface area contributed by atoms with E-state index in [0.29, 0.717) is 0 Å². The van der Waals surface area contributed by atoms with Gasteiger partial charge in [0, 0.05) is 0 Å². The summed E-state index contributed by atoms with van der Waals surface area (Å²) in [4.78, 5) is 0. The van der Waals surface area contributed by atoms with Crippen molar-refractivity contribution in [2.75, 3.05) is 6.61 Å². The molecule has 0 spiro atoms. The first kappa shape index (κ1) is 10.9. The topological polar surface area (TPSA) is 55.3 Å². The molecule has 1 aliphatic heterocycles. The summed E-state index contributed by atoms with van der Waals surface area (Å²) in [7, 11) is -9.54. The van der Waals surface area contributed by atoms with Crippen LogP contribution in [-0.4, -0.2) is 26.9 Å². The van der Waals surface area contributed by atoms with Crippen LogP contribution in [0.1, 0.15) is 0 Å². The normalized spacial score (nSPS) is 46.2. The average Bonchev–Trinajstić information content (AvgIpc) is 1.78. The van der Waals surface area contributed by atoms with Gasteiger partial charge < -0.3 is 13.3 Å². The Morgan fingerprint density at radius 3 is 1.62 bits per heavy atom. The van der Waals surface area contributed by atoms with E-state index in [4.69, 9.17) is 0 Å². The Balaban J connectivity index is 3.27. The van der Waals surface area contributed by atoms with E-state index < -0.39 is 27.7 Å². The monoisotopic (exact) mass is 232 g/mol. The summed E-state index contributed by atoms with van der Waals surface area (Å²) in [5.41, 5.74) is 0. The smallest absolute Gasteiger partial charge is 0.436 e. The number of hydrogen-bond acceptors (Lipinski definition) is 3. The van der Waals surface area contributed by atoms with E-state index in [1.54, 1.807) is 0 Å². The van der Waals surface area contributed by atoms with Gasteiger partial charge in [-0.1, -0.05) is 0 Å². The molecule has 1 saturated heterocycles. The number of rotatable bonds is 0. The Morgan fingerprint density at radius 2 is 1.62 bits per heavy atom. The van der Waals surface area contributed by atoms with E-state index in [2.05, 4.69) is 4.18 Å². The van der Waals surface area contributed by atoms with Crippen molar-refractivity contribution in [3.8, 4) is 0 Å². The van der Waals surface area contributed by atoms with Crippen LogP contribution in [0.3, 0.4) is 0 Å². The van der Waals surface area contributed by atoms with Crippen LogP contribution in [0, 0.1) is 0 Å². The third kappa shape index (κ3) is 1.06. The number of halogens is 6. The molecule has 0 amide bonds. The first-order valence-corrected chi connectivity index (χ1v) is 4.69. The van der Waals surface area contributed by atoms with Gasteiger partial charge >= 0.3 is 6.18 Å². The molecule has 10 heteroatoms. The Morgan fingerprint density at radius 1 is 1.23 bits per heavy atom. The highest BCUT2D eigenvalue weighted by molar-refractivity contribution is 8.46. The highest BCUT2D eigenvalue weighted by Crippen LogP contribution is 3.01. The zero-order valence-corrected chi connectivity index (χ0v) is 6.42. The van der Waals surface area contributed by atoms with Crippen molar-refractivity contribution in [1.29, 1.82) is 0 Å². The first-order valence-electron chi connectivity index (χ1n) is 2.66. The van der Waals surface area contributed by atoms with Gasteiger partial charge in [0.15, 0.2) is 0 Å². The Labute approximate surface area is 67.4 Å². The third-order valence-corrected chi connectivity index (χ3v) is 3.79. The standard InChI is InChI=1S/C3H4F6O3S/c4-2(3(5,6)7)1-12-13(2,8,9,10)11/h10-11H,1H2/p-2. The molecule has 1 atom stereocenters. The molecule has 0 saturated carbocycles. The SMILES string of the molecule is [O-]S1([O-])(F)(F)OCC1(F)C(F)(F)F. The summed E-state index contributed by atoms with van der Waals surface area (Å²) in [6, 6.07) is 0. The summed E-state index contributed by atoms with van der Waals surface area (Å²) in [6.45, 7) is -2.25. The molecular formula is C3H2F6O3S-2. The summed E-state index contributed by atoms with van der Waals surface area (Å²) in [6.07, 6.45) is -6.22. The molecule has 1 unspecified atom stereocenters. The average molecular weight is 232 g/mol. The molecule has 0 bridgehead atoms. The van der Waals surface area contributed by atoms with Crippen LogP contribution < -0.4 is 0 Å². The fourth-order valence-corrected chi connectivity index (χ4v) is 1.81. The van der Waals surface area contributed by atoms with Crippen molar-refractivity contribution in [1.82, 2.24) is 0 Å². The predicted octanol–water partition coefficient (Wildman–Crippen LogP) is 2.07. The molecule has 0 N–H and O–H groups in total. The molecule has 0 radical (unpaired) electrons. The van der Waals surface area contributed by atoms with Gasteiger partial charge in [-0.3, -0.25) is 0 Å². The van der Waals surface area contributed by atoms with Crippen LogP contribution in [0.15, 0.2) is 0 Å². The summed E-state index contributed by atoms with van der Waals surface area (Å²) < 4.78 is 93.7. The lowest BCUT2D eigenvalue weighted by Gasteiger charge is -2.87. The molecule has 3 nitrogen and oxygen atoms in total. The second-order valence-corrected chi connectivity index (χ2v) is 5.51. The lowest BCUT2D eigenvalue weighted by atomic mass is 10.4. The Bertz CT molecular complexity index is 264. The van der Waals surface area contributed by atoms with Crippen LogP contribution in [0.4, 0.5) is 25.3 Å².